The van der Waals surface area contributed by atoms with Gasteiger partial charge in [-0.25, -0.2) is 0 Å². The first kappa shape index (κ1) is 20.8. The maximum Gasteiger partial charge on any atom is 0.271 e. The molecule has 1 aromatic carbocycles. The monoisotopic (exact) mass is 394 g/mol. The van der Waals surface area contributed by atoms with Crippen LogP contribution in [0.3, 0.4) is 0 Å². The maximum atomic E-state index is 13.0. The molecule has 1 spiro atoms. The Hall–Kier alpha value is -2.94. The number of nitrogens with zero attached hydrogens (tertiary/aromatic N) is 2. The Kier molecular flexibility index (Phi) is 5.61. The molecule has 2 aliphatic rings. The third-order valence-corrected chi connectivity index (χ3v) is 5.77. The van der Waals surface area contributed by atoms with Crippen molar-refractivity contribution in [1.29, 1.82) is 0 Å². The highest BCUT2D eigenvalue weighted by atomic mass is 16.6. The van der Waals surface area contributed by atoms with Crippen molar-refractivity contribution in [3.8, 4) is 11.8 Å². The van der Waals surface area contributed by atoms with Gasteiger partial charge in [0.05, 0.1) is 0 Å². The van der Waals surface area contributed by atoms with E-state index >= 15 is 0 Å². The van der Waals surface area contributed by atoms with Gasteiger partial charge >= 0.3 is 0 Å². The maximum absolute atomic E-state index is 13.0. The summed E-state index contributed by atoms with van der Waals surface area (Å²) in [5.41, 5.74) is 3.36. The lowest BCUT2D eigenvalue weighted by Gasteiger charge is -2.52. The van der Waals surface area contributed by atoms with Crippen LogP contribution in [-0.2, 0) is 19.2 Å². The third kappa shape index (κ3) is 3.82. The van der Waals surface area contributed by atoms with Crippen LogP contribution in [0.5, 0.6) is 0 Å². The summed E-state index contributed by atoms with van der Waals surface area (Å²) in [4.78, 5) is 44.7. The van der Waals surface area contributed by atoms with Gasteiger partial charge in [-0.05, 0) is 56.5 Å². The Bertz CT molecular complexity index is 931. The molecule has 0 N–H and O–H groups in total. The van der Waals surface area contributed by atoms with Crippen molar-refractivity contribution in [1.82, 2.24) is 4.90 Å². The zero-order valence-electron chi connectivity index (χ0n) is 17.6. The predicted octanol–water partition coefficient (Wildman–Crippen LogP) is 2.54. The van der Waals surface area contributed by atoms with Crippen LogP contribution in [-0.4, -0.2) is 48.3 Å². The number of likely N-dealkylation sites (tertiary alicyclic amines) is 1. The minimum Gasteiger partial charge on any atom is -0.399 e. The summed E-state index contributed by atoms with van der Waals surface area (Å²) in [6, 6.07) is 3.87. The summed E-state index contributed by atoms with van der Waals surface area (Å²) in [6.45, 7) is 8.01. The van der Waals surface area contributed by atoms with E-state index < -0.39 is 11.3 Å². The summed E-state index contributed by atoms with van der Waals surface area (Å²) < 4.78 is 0. The van der Waals surface area contributed by atoms with Gasteiger partial charge in [0, 0.05) is 36.9 Å². The molecule has 1 saturated carbocycles. The van der Waals surface area contributed by atoms with E-state index in [4.69, 9.17) is 0 Å². The number of oxime groups is 1. The van der Waals surface area contributed by atoms with Gasteiger partial charge in [-0.1, -0.05) is 11.1 Å². The van der Waals surface area contributed by atoms with E-state index in [0.717, 1.165) is 22.3 Å². The van der Waals surface area contributed by atoms with Crippen LogP contribution >= 0.6 is 0 Å². The van der Waals surface area contributed by atoms with E-state index in [0.29, 0.717) is 25.9 Å². The number of carbonyl (C=O) groups is 3. The summed E-state index contributed by atoms with van der Waals surface area (Å²) in [7, 11) is 1.39. The number of amides is 1. The van der Waals surface area contributed by atoms with E-state index in [2.05, 4.69) is 21.8 Å². The fourth-order valence-electron chi connectivity index (χ4n) is 4.69. The fraction of sp³-hybridized carbons (Fsp3) is 0.478. The molecule has 29 heavy (non-hydrogen) atoms. The molecule has 1 aliphatic carbocycles. The van der Waals surface area contributed by atoms with Crippen LogP contribution in [0.2, 0.25) is 0 Å². The summed E-state index contributed by atoms with van der Waals surface area (Å²) in [5, 5.41) is 3.66. The van der Waals surface area contributed by atoms with Crippen molar-refractivity contribution in [2.45, 2.75) is 46.5 Å². The number of Topliss-reactive ketones (excluding diaryl/α,β-unsaturated/α-hetero) is 2. The molecule has 1 heterocycles. The molecule has 0 radical (unpaired) electrons. The van der Waals surface area contributed by atoms with Crippen molar-refractivity contribution in [3.63, 3.8) is 0 Å². The second kappa shape index (κ2) is 7.82. The van der Waals surface area contributed by atoms with Crippen LogP contribution in [0, 0.1) is 31.1 Å². The van der Waals surface area contributed by atoms with Crippen LogP contribution in [0.25, 0.3) is 0 Å². The minimum atomic E-state index is -0.717. The molecule has 1 saturated heterocycles. The number of ketones is 2. The van der Waals surface area contributed by atoms with Gasteiger partial charge in [-0.2, -0.15) is 0 Å². The number of hydrogen-bond donors (Lipinski definition) is 0. The van der Waals surface area contributed by atoms with E-state index in [-0.39, 0.29) is 23.2 Å². The summed E-state index contributed by atoms with van der Waals surface area (Å²) in [5.74, 6) is 4.85. The van der Waals surface area contributed by atoms with Gasteiger partial charge in [-0.15, -0.1) is 5.92 Å². The molecule has 3 rings (SSSR count). The third-order valence-electron chi connectivity index (χ3n) is 5.77. The quantitative estimate of drug-likeness (QED) is 0.342. The number of hydrogen-bond acceptors (Lipinski definition) is 5. The second-order valence-corrected chi connectivity index (χ2v) is 8.14. The lowest BCUT2D eigenvalue weighted by molar-refractivity contribution is -0.151. The van der Waals surface area contributed by atoms with Crippen molar-refractivity contribution >= 4 is 23.2 Å². The highest BCUT2D eigenvalue weighted by Gasteiger charge is 2.53. The Morgan fingerprint density at radius 2 is 1.72 bits per heavy atom. The van der Waals surface area contributed by atoms with E-state index in [1.54, 1.807) is 18.7 Å². The van der Waals surface area contributed by atoms with Crippen LogP contribution in [0.1, 0.15) is 54.9 Å². The number of aryl methyl sites for hydroxylation is 2. The number of benzene rings is 1. The lowest BCUT2D eigenvalue weighted by atomic mass is 9.63. The molecule has 152 valence electrons. The zero-order valence-corrected chi connectivity index (χ0v) is 17.6. The molecule has 0 atom stereocenters. The molecule has 2 fully saturated rings. The molecule has 1 aliphatic heterocycles. The van der Waals surface area contributed by atoms with Gasteiger partial charge in [0.25, 0.3) is 5.91 Å². The molecule has 0 aromatic heterocycles. The van der Waals surface area contributed by atoms with Gasteiger partial charge in [0.2, 0.25) is 0 Å². The molecular formula is C23H26N2O4. The Labute approximate surface area is 171 Å². The largest absolute Gasteiger partial charge is 0.399 e. The molecule has 6 nitrogen and oxygen atoms in total. The summed E-state index contributed by atoms with van der Waals surface area (Å²) in [6.07, 6.45) is 0.617. The lowest BCUT2D eigenvalue weighted by Crippen LogP contribution is -2.63. The smallest absolute Gasteiger partial charge is 0.271 e. The van der Waals surface area contributed by atoms with Gasteiger partial charge < -0.3 is 9.74 Å². The first-order chi connectivity index (χ1) is 13.7. The zero-order chi connectivity index (χ0) is 21.3. The fourth-order valence-corrected chi connectivity index (χ4v) is 4.69. The van der Waals surface area contributed by atoms with Crippen LogP contribution < -0.4 is 0 Å². The van der Waals surface area contributed by atoms with Gasteiger partial charge in [0.1, 0.15) is 30.3 Å². The molecular weight excluding hydrogens is 368 g/mol. The van der Waals surface area contributed by atoms with Crippen molar-refractivity contribution in [3.05, 3.63) is 34.4 Å². The molecule has 1 aromatic rings. The van der Waals surface area contributed by atoms with E-state index in [1.807, 2.05) is 26.0 Å². The highest BCUT2D eigenvalue weighted by Crippen LogP contribution is 2.46. The number of rotatable bonds is 3. The van der Waals surface area contributed by atoms with Crippen molar-refractivity contribution in [2.75, 3.05) is 20.2 Å². The van der Waals surface area contributed by atoms with Crippen LogP contribution in [0.15, 0.2) is 17.3 Å². The van der Waals surface area contributed by atoms with Crippen molar-refractivity contribution in [2.24, 2.45) is 10.6 Å². The minimum absolute atomic E-state index is 0.0591. The van der Waals surface area contributed by atoms with E-state index in [9.17, 15) is 14.4 Å². The van der Waals surface area contributed by atoms with E-state index in [1.165, 1.54) is 7.11 Å². The second-order valence-electron chi connectivity index (χ2n) is 8.14. The molecule has 0 unspecified atom stereocenters. The Balaban J connectivity index is 1.78. The van der Waals surface area contributed by atoms with Crippen LogP contribution in [0.4, 0.5) is 0 Å². The normalized spacial score (nSPS) is 18.9. The molecule has 6 heteroatoms. The molecule has 1 amide bonds. The van der Waals surface area contributed by atoms with Gasteiger partial charge in [0.15, 0.2) is 0 Å². The Morgan fingerprint density at radius 1 is 1.17 bits per heavy atom. The van der Waals surface area contributed by atoms with Gasteiger partial charge in [-0.3, -0.25) is 14.4 Å². The average Bonchev–Trinajstić information content (AvgIpc) is 2.61. The number of carbonyl (C=O) groups excluding carboxylic acids is 3. The first-order valence-corrected chi connectivity index (χ1v) is 9.67. The standard InChI is InChI=1S/C23H26N2O4/c1-6-7-17-8-14(2)20(15(3)9-17)21-18(26)10-23(11-19(21)27)12-25(13-23)22(28)16(4)24-29-5/h8-9,21H,10-13H2,1-5H3/b24-16+. The Morgan fingerprint density at radius 3 is 2.21 bits per heavy atom. The first-order valence-electron chi connectivity index (χ1n) is 9.67. The molecule has 0 bridgehead atoms. The average molecular weight is 394 g/mol. The topological polar surface area (TPSA) is 76.0 Å². The van der Waals surface area contributed by atoms with Crippen molar-refractivity contribution < 1.29 is 19.2 Å². The SMILES string of the molecule is CC#Cc1cc(C)c(C2C(=O)CC3(CC2=O)CN(C(=O)/C(C)=N/OC)C3)c(C)c1. The predicted molar refractivity (Wildman–Crippen MR) is 110 cm³/mol. The highest BCUT2D eigenvalue weighted by molar-refractivity contribution is 6.37. The summed E-state index contributed by atoms with van der Waals surface area (Å²) >= 11 is 0.